The zero-order valence-corrected chi connectivity index (χ0v) is 11.5. The Hall–Kier alpha value is -0.570. The van der Waals surface area contributed by atoms with Gasteiger partial charge in [-0.1, -0.05) is 32.6 Å². The van der Waals surface area contributed by atoms with Gasteiger partial charge in [0, 0.05) is 20.1 Å². The summed E-state index contributed by atoms with van der Waals surface area (Å²) in [6.07, 6.45) is 6.31. The van der Waals surface area contributed by atoms with E-state index in [1.807, 2.05) is 6.92 Å². The lowest BCUT2D eigenvalue weighted by Crippen LogP contribution is -2.45. The van der Waals surface area contributed by atoms with Crippen LogP contribution >= 0.6 is 0 Å². The number of rotatable bonds is 8. The van der Waals surface area contributed by atoms with Crippen LogP contribution in [0, 0.1) is 0 Å². The summed E-state index contributed by atoms with van der Waals surface area (Å²) >= 11 is 0. The quantitative estimate of drug-likeness (QED) is 0.647. The van der Waals surface area contributed by atoms with Gasteiger partial charge in [-0.15, -0.1) is 0 Å². The molecule has 0 rings (SSSR count). The second-order valence-corrected chi connectivity index (χ2v) is 4.87. The van der Waals surface area contributed by atoms with E-state index in [4.69, 9.17) is 0 Å². The Morgan fingerprint density at radius 2 is 1.81 bits per heavy atom. The van der Waals surface area contributed by atoms with Crippen molar-refractivity contribution in [2.75, 3.05) is 14.1 Å². The summed E-state index contributed by atoms with van der Waals surface area (Å²) in [5.74, 6) is 0.153. The highest BCUT2D eigenvalue weighted by Crippen LogP contribution is 2.06. The fourth-order valence-electron chi connectivity index (χ4n) is 1.85. The van der Waals surface area contributed by atoms with Gasteiger partial charge < -0.3 is 10.2 Å². The third kappa shape index (κ3) is 6.83. The third-order valence-corrected chi connectivity index (χ3v) is 2.84. The van der Waals surface area contributed by atoms with E-state index >= 15 is 0 Å². The number of hydrogen-bond donors (Lipinski definition) is 1. The predicted octanol–water partition coefficient (Wildman–Crippen LogP) is 2.41. The van der Waals surface area contributed by atoms with Crippen molar-refractivity contribution in [2.45, 2.75) is 65.0 Å². The molecule has 0 aliphatic heterocycles. The van der Waals surface area contributed by atoms with Gasteiger partial charge in [0.1, 0.15) is 0 Å². The summed E-state index contributed by atoms with van der Waals surface area (Å²) in [5, 5.41) is 3.35. The molecule has 2 atom stereocenters. The van der Waals surface area contributed by atoms with Crippen LogP contribution < -0.4 is 5.32 Å². The molecule has 0 aromatic heterocycles. The van der Waals surface area contributed by atoms with Crippen LogP contribution in [0.2, 0.25) is 0 Å². The number of nitrogens with zero attached hydrogens (tertiary/aromatic N) is 1. The van der Waals surface area contributed by atoms with Crippen molar-refractivity contribution in [3.05, 3.63) is 0 Å². The Bertz CT molecular complexity index is 192. The molecule has 0 aliphatic carbocycles. The summed E-state index contributed by atoms with van der Waals surface area (Å²) in [6.45, 7) is 6.32. The standard InChI is InChI=1S/C13H28N2O/c1-6-7-8-9-10-11(2)14-12(3)13(16)15(4)5/h11-12,14H,6-10H2,1-5H3. The van der Waals surface area contributed by atoms with Crippen molar-refractivity contribution in [1.82, 2.24) is 10.2 Å². The fraction of sp³-hybridized carbons (Fsp3) is 0.923. The van der Waals surface area contributed by atoms with Gasteiger partial charge in [-0.25, -0.2) is 0 Å². The van der Waals surface area contributed by atoms with E-state index in [-0.39, 0.29) is 11.9 Å². The molecule has 3 heteroatoms. The SMILES string of the molecule is CCCCCCC(C)NC(C)C(=O)N(C)C. The first-order valence-electron chi connectivity index (χ1n) is 6.46. The third-order valence-electron chi connectivity index (χ3n) is 2.84. The molecular weight excluding hydrogens is 200 g/mol. The van der Waals surface area contributed by atoms with Crippen LogP contribution in [0.1, 0.15) is 52.9 Å². The first kappa shape index (κ1) is 15.4. The van der Waals surface area contributed by atoms with Crippen LogP contribution in [-0.2, 0) is 4.79 Å². The molecule has 2 unspecified atom stereocenters. The largest absolute Gasteiger partial charge is 0.347 e. The second kappa shape index (κ2) is 8.57. The monoisotopic (exact) mass is 228 g/mol. The van der Waals surface area contributed by atoms with Crippen molar-refractivity contribution in [2.24, 2.45) is 0 Å². The molecule has 0 saturated carbocycles. The highest BCUT2D eigenvalue weighted by atomic mass is 16.2. The maximum Gasteiger partial charge on any atom is 0.238 e. The number of hydrogen-bond acceptors (Lipinski definition) is 2. The molecule has 1 N–H and O–H groups in total. The number of likely N-dealkylation sites (N-methyl/N-ethyl adjacent to an activating group) is 1. The Labute approximate surface area is 101 Å². The molecule has 1 amide bonds. The van der Waals surface area contributed by atoms with E-state index in [9.17, 15) is 4.79 Å². The zero-order chi connectivity index (χ0) is 12.6. The summed E-state index contributed by atoms with van der Waals surface area (Å²) in [4.78, 5) is 13.3. The molecule has 16 heavy (non-hydrogen) atoms. The van der Waals surface area contributed by atoms with Crippen LogP contribution in [-0.4, -0.2) is 37.0 Å². The number of amides is 1. The van der Waals surface area contributed by atoms with E-state index in [1.165, 1.54) is 25.7 Å². The minimum absolute atomic E-state index is 0.0730. The molecule has 0 spiro atoms. The molecule has 0 bridgehead atoms. The van der Waals surface area contributed by atoms with E-state index < -0.39 is 0 Å². The van der Waals surface area contributed by atoms with E-state index in [1.54, 1.807) is 19.0 Å². The number of carbonyl (C=O) groups is 1. The van der Waals surface area contributed by atoms with Crippen molar-refractivity contribution in [3.63, 3.8) is 0 Å². The number of carbonyl (C=O) groups excluding carboxylic acids is 1. The van der Waals surface area contributed by atoms with Crippen LogP contribution in [0.25, 0.3) is 0 Å². The van der Waals surface area contributed by atoms with Crippen molar-refractivity contribution >= 4 is 5.91 Å². The zero-order valence-electron chi connectivity index (χ0n) is 11.5. The van der Waals surface area contributed by atoms with Gasteiger partial charge in [-0.05, 0) is 20.3 Å². The van der Waals surface area contributed by atoms with E-state index in [0.717, 1.165) is 6.42 Å². The summed E-state index contributed by atoms with van der Waals surface area (Å²) in [6, 6.07) is 0.354. The highest BCUT2D eigenvalue weighted by molar-refractivity contribution is 5.80. The Kier molecular flexibility index (Phi) is 8.26. The molecule has 0 saturated heterocycles. The number of unbranched alkanes of at least 4 members (excludes halogenated alkanes) is 3. The Balaban J connectivity index is 3.69. The van der Waals surface area contributed by atoms with Gasteiger partial charge in [0.15, 0.2) is 0 Å². The maximum absolute atomic E-state index is 11.6. The molecule has 0 fully saturated rings. The number of nitrogens with one attached hydrogen (secondary N) is 1. The average molecular weight is 228 g/mol. The minimum atomic E-state index is -0.0730. The topological polar surface area (TPSA) is 32.3 Å². The smallest absolute Gasteiger partial charge is 0.238 e. The molecule has 0 heterocycles. The summed E-state index contributed by atoms with van der Waals surface area (Å²) < 4.78 is 0. The van der Waals surface area contributed by atoms with Crippen molar-refractivity contribution in [3.8, 4) is 0 Å². The van der Waals surface area contributed by atoms with Gasteiger partial charge in [0.2, 0.25) is 5.91 Å². The minimum Gasteiger partial charge on any atom is -0.347 e. The first-order valence-corrected chi connectivity index (χ1v) is 6.46. The van der Waals surface area contributed by atoms with Gasteiger partial charge in [0.25, 0.3) is 0 Å². The molecule has 3 nitrogen and oxygen atoms in total. The lowest BCUT2D eigenvalue weighted by atomic mass is 10.1. The lowest BCUT2D eigenvalue weighted by Gasteiger charge is -2.22. The first-order chi connectivity index (χ1) is 7.49. The maximum atomic E-state index is 11.6. The van der Waals surface area contributed by atoms with Crippen LogP contribution in [0.15, 0.2) is 0 Å². The summed E-state index contributed by atoms with van der Waals surface area (Å²) in [5.41, 5.74) is 0. The lowest BCUT2D eigenvalue weighted by molar-refractivity contribution is -0.130. The molecule has 0 aromatic carbocycles. The molecular formula is C13H28N2O. The molecule has 0 aliphatic rings. The van der Waals surface area contributed by atoms with Gasteiger partial charge in [0.05, 0.1) is 6.04 Å². The van der Waals surface area contributed by atoms with Gasteiger partial charge in [-0.3, -0.25) is 4.79 Å². The Morgan fingerprint density at radius 1 is 1.19 bits per heavy atom. The molecule has 0 aromatic rings. The normalized spacial score (nSPS) is 14.6. The Morgan fingerprint density at radius 3 is 2.31 bits per heavy atom. The van der Waals surface area contributed by atoms with Gasteiger partial charge in [-0.2, -0.15) is 0 Å². The second-order valence-electron chi connectivity index (χ2n) is 4.87. The molecule has 0 radical (unpaired) electrons. The van der Waals surface area contributed by atoms with Crippen molar-refractivity contribution < 1.29 is 4.79 Å². The van der Waals surface area contributed by atoms with Crippen LogP contribution in [0.5, 0.6) is 0 Å². The summed E-state index contributed by atoms with van der Waals surface area (Å²) in [7, 11) is 3.60. The van der Waals surface area contributed by atoms with Crippen LogP contribution in [0.3, 0.4) is 0 Å². The van der Waals surface area contributed by atoms with Crippen LogP contribution in [0.4, 0.5) is 0 Å². The average Bonchev–Trinajstić information content (AvgIpc) is 2.23. The highest BCUT2D eigenvalue weighted by Gasteiger charge is 2.16. The fourth-order valence-corrected chi connectivity index (χ4v) is 1.85. The predicted molar refractivity (Wildman–Crippen MR) is 69.5 cm³/mol. The van der Waals surface area contributed by atoms with Crippen molar-refractivity contribution in [1.29, 1.82) is 0 Å². The van der Waals surface area contributed by atoms with E-state index in [2.05, 4.69) is 19.2 Å². The van der Waals surface area contributed by atoms with Gasteiger partial charge >= 0.3 is 0 Å². The molecule has 96 valence electrons. The van der Waals surface area contributed by atoms with E-state index in [0.29, 0.717) is 6.04 Å².